The predicted octanol–water partition coefficient (Wildman–Crippen LogP) is 3.35. The highest BCUT2D eigenvalue weighted by molar-refractivity contribution is 5.85. The zero-order valence-electron chi connectivity index (χ0n) is 13.6. The van der Waals surface area contributed by atoms with Crippen molar-refractivity contribution >= 4 is 16.8 Å². The zero-order valence-corrected chi connectivity index (χ0v) is 13.6. The SMILES string of the molecule is N#CC(Cc1c[nH]c2cc(F)ccc12)C(=O)NCCc1ccccc1. The number of halogens is 1. The lowest BCUT2D eigenvalue weighted by atomic mass is 9.99. The fourth-order valence-corrected chi connectivity index (χ4v) is 2.84. The number of aromatic amines is 1. The van der Waals surface area contributed by atoms with E-state index < -0.39 is 5.92 Å². The van der Waals surface area contributed by atoms with Crippen LogP contribution in [0, 0.1) is 23.1 Å². The minimum atomic E-state index is -0.778. The molecule has 25 heavy (non-hydrogen) atoms. The van der Waals surface area contributed by atoms with Gasteiger partial charge in [0, 0.05) is 23.6 Å². The van der Waals surface area contributed by atoms with Gasteiger partial charge in [0.25, 0.3) is 0 Å². The molecule has 2 aromatic carbocycles. The molecule has 3 aromatic rings. The van der Waals surface area contributed by atoms with E-state index >= 15 is 0 Å². The number of nitrogens with zero attached hydrogens (tertiary/aromatic N) is 1. The van der Waals surface area contributed by atoms with E-state index in [9.17, 15) is 14.4 Å². The summed E-state index contributed by atoms with van der Waals surface area (Å²) in [6.45, 7) is 0.486. The fraction of sp³-hybridized carbons (Fsp3) is 0.200. The zero-order chi connectivity index (χ0) is 17.6. The molecule has 0 radical (unpaired) electrons. The lowest BCUT2D eigenvalue weighted by Crippen LogP contribution is -2.32. The Labute approximate surface area is 145 Å². The molecule has 1 heterocycles. The van der Waals surface area contributed by atoms with Crippen LogP contribution in [0.3, 0.4) is 0 Å². The van der Waals surface area contributed by atoms with Crippen LogP contribution in [0.1, 0.15) is 11.1 Å². The molecule has 2 N–H and O–H groups in total. The van der Waals surface area contributed by atoms with Gasteiger partial charge < -0.3 is 10.3 Å². The van der Waals surface area contributed by atoms with Crippen LogP contribution in [0.5, 0.6) is 0 Å². The molecule has 0 aliphatic heterocycles. The van der Waals surface area contributed by atoms with Gasteiger partial charge >= 0.3 is 0 Å². The maximum absolute atomic E-state index is 13.2. The van der Waals surface area contributed by atoms with Crippen LogP contribution in [0.4, 0.5) is 4.39 Å². The van der Waals surface area contributed by atoms with Gasteiger partial charge in [-0.1, -0.05) is 30.3 Å². The Morgan fingerprint density at radius 3 is 2.80 bits per heavy atom. The number of amides is 1. The molecule has 0 saturated heterocycles. The number of nitrogens with one attached hydrogen (secondary N) is 2. The molecule has 0 bridgehead atoms. The van der Waals surface area contributed by atoms with Gasteiger partial charge in [0.2, 0.25) is 5.91 Å². The third-order valence-electron chi connectivity index (χ3n) is 4.18. The Hall–Kier alpha value is -3.13. The number of carbonyl (C=O) groups is 1. The largest absolute Gasteiger partial charge is 0.361 e. The van der Waals surface area contributed by atoms with Crippen molar-refractivity contribution < 1.29 is 9.18 Å². The molecule has 1 aromatic heterocycles. The Morgan fingerprint density at radius 1 is 1.24 bits per heavy atom. The first-order valence-corrected chi connectivity index (χ1v) is 8.14. The second-order valence-corrected chi connectivity index (χ2v) is 5.92. The van der Waals surface area contributed by atoms with E-state index in [0.29, 0.717) is 18.5 Å². The van der Waals surface area contributed by atoms with Crippen LogP contribution >= 0.6 is 0 Å². The van der Waals surface area contributed by atoms with E-state index in [2.05, 4.69) is 16.4 Å². The average molecular weight is 335 g/mol. The standard InChI is InChI=1S/C20H18FN3O/c21-17-6-7-18-16(13-24-19(18)11-17)10-15(12-22)20(25)23-9-8-14-4-2-1-3-5-14/h1-7,11,13,15,24H,8-10H2,(H,23,25). The molecule has 1 unspecified atom stereocenters. The van der Waals surface area contributed by atoms with Gasteiger partial charge in [0.15, 0.2) is 0 Å². The van der Waals surface area contributed by atoms with Crippen LogP contribution in [0.15, 0.2) is 54.7 Å². The summed E-state index contributed by atoms with van der Waals surface area (Å²) in [5, 5.41) is 13.0. The van der Waals surface area contributed by atoms with E-state index in [1.54, 1.807) is 12.3 Å². The number of H-pyrrole nitrogens is 1. The summed E-state index contributed by atoms with van der Waals surface area (Å²) < 4.78 is 13.2. The van der Waals surface area contributed by atoms with Crippen LogP contribution in [-0.2, 0) is 17.6 Å². The first kappa shape index (κ1) is 16.7. The van der Waals surface area contributed by atoms with Gasteiger partial charge in [0.05, 0.1) is 6.07 Å². The number of benzene rings is 2. The number of hydrogen-bond acceptors (Lipinski definition) is 2. The molecule has 4 nitrogen and oxygen atoms in total. The predicted molar refractivity (Wildman–Crippen MR) is 94.2 cm³/mol. The fourth-order valence-electron chi connectivity index (χ4n) is 2.84. The molecule has 1 amide bonds. The topological polar surface area (TPSA) is 68.7 Å². The Morgan fingerprint density at radius 2 is 2.04 bits per heavy atom. The van der Waals surface area contributed by atoms with Crippen LogP contribution in [0.25, 0.3) is 10.9 Å². The number of fused-ring (bicyclic) bond motifs is 1. The van der Waals surface area contributed by atoms with Crippen molar-refractivity contribution in [3.05, 3.63) is 71.7 Å². The van der Waals surface area contributed by atoms with Gasteiger partial charge in [-0.05, 0) is 42.2 Å². The van der Waals surface area contributed by atoms with Gasteiger partial charge in [0.1, 0.15) is 11.7 Å². The maximum atomic E-state index is 13.2. The van der Waals surface area contributed by atoms with Gasteiger partial charge in [-0.25, -0.2) is 4.39 Å². The smallest absolute Gasteiger partial charge is 0.237 e. The third-order valence-corrected chi connectivity index (χ3v) is 4.18. The van der Waals surface area contributed by atoms with E-state index in [1.807, 2.05) is 30.3 Å². The summed E-state index contributed by atoms with van der Waals surface area (Å²) in [5.74, 6) is -1.38. The van der Waals surface area contributed by atoms with Crippen molar-refractivity contribution in [3.8, 4) is 6.07 Å². The highest BCUT2D eigenvalue weighted by Gasteiger charge is 2.19. The van der Waals surface area contributed by atoms with Crippen LogP contribution < -0.4 is 5.32 Å². The average Bonchev–Trinajstić information content (AvgIpc) is 3.02. The normalized spacial score (nSPS) is 11.8. The van der Waals surface area contributed by atoms with Crippen molar-refractivity contribution in [1.29, 1.82) is 5.26 Å². The summed E-state index contributed by atoms with van der Waals surface area (Å²) in [7, 11) is 0. The lowest BCUT2D eigenvalue weighted by molar-refractivity contribution is -0.123. The lowest BCUT2D eigenvalue weighted by Gasteiger charge is -2.10. The number of carbonyl (C=O) groups excluding carboxylic acids is 1. The molecule has 5 heteroatoms. The summed E-state index contributed by atoms with van der Waals surface area (Å²) in [6.07, 6.45) is 2.74. The number of rotatable bonds is 6. The van der Waals surface area contributed by atoms with Crippen molar-refractivity contribution in [1.82, 2.24) is 10.3 Å². The molecule has 0 aliphatic carbocycles. The van der Waals surface area contributed by atoms with E-state index in [1.165, 1.54) is 12.1 Å². The van der Waals surface area contributed by atoms with Crippen molar-refractivity contribution in [2.24, 2.45) is 5.92 Å². The molecule has 0 spiro atoms. The molecule has 0 saturated carbocycles. The van der Waals surface area contributed by atoms with E-state index in [4.69, 9.17) is 0 Å². The quantitative estimate of drug-likeness (QED) is 0.725. The maximum Gasteiger partial charge on any atom is 0.237 e. The minimum absolute atomic E-state index is 0.283. The van der Waals surface area contributed by atoms with Crippen molar-refractivity contribution in [2.75, 3.05) is 6.54 Å². The molecule has 3 rings (SSSR count). The highest BCUT2D eigenvalue weighted by Crippen LogP contribution is 2.22. The molecule has 1 atom stereocenters. The number of aromatic nitrogens is 1. The number of nitriles is 1. The van der Waals surface area contributed by atoms with E-state index in [-0.39, 0.29) is 11.7 Å². The minimum Gasteiger partial charge on any atom is -0.361 e. The monoisotopic (exact) mass is 335 g/mol. The summed E-state index contributed by atoms with van der Waals surface area (Å²) >= 11 is 0. The van der Waals surface area contributed by atoms with Crippen molar-refractivity contribution in [2.45, 2.75) is 12.8 Å². The van der Waals surface area contributed by atoms with Crippen molar-refractivity contribution in [3.63, 3.8) is 0 Å². The van der Waals surface area contributed by atoms with Crippen LogP contribution in [0.2, 0.25) is 0 Å². The highest BCUT2D eigenvalue weighted by atomic mass is 19.1. The van der Waals surface area contributed by atoms with Gasteiger partial charge in [-0.2, -0.15) is 5.26 Å². The van der Waals surface area contributed by atoms with Gasteiger partial charge in [-0.15, -0.1) is 0 Å². The van der Waals surface area contributed by atoms with E-state index in [0.717, 1.165) is 22.9 Å². The summed E-state index contributed by atoms with van der Waals surface area (Å²) in [5.41, 5.74) is 2.63. The molecular weight excluding hydrogens is 317 g/mol. The molecule has 0 fully saturated rings. The molecule has 0 aliphatic rings. The second kappa shape index (κ2) is 7.63. The first-order chi connectivity index (χ1) is 12.2. The summed E-state index contributed by atoms with van der Waals surface area (Å²) in [4.78, 5) is 15.3. The van der Waals surface area contributed by atoms with Gasteiger partial charge in [-0.3, -0.25) is 4.79 Å². The Balaban J connectivity index is 1.61. The second-order valence-electron chi connectivity index (χ2n) is 5.92. The Kier molecular flexibility index (Phi) is 5.10. The number of hydrogen-bond donors (Lipinski definition) is 2. The third kappa shape index (κ3) is 4.04. The Bertz CT molecular complexity index is 912. The first-order valence-electron chi connectivity index (χ1n) is 8.14. The molecular formula is C20H18FN3O. The van der Waals surface area contributed by atoms with Crippen LogP contribution in [-0.4, -0.2) is 17.4 Å². The molecule has 126 valence electrons. The summed E-state index contributed by atoms with van der Waals surface area (Å²) in [6, 6.07) is 16.4.